The number of carbonyl (C=O) groups is 1. The smallest absolute Gasteiger partial charge is 0.254 e. The van der Waals surface area contributed by atoms with E-state index in [1.807, 2.05) is 29.2 Å². The number of ether oxygens (including phenoxy) is 1. The molecular weight excluding hydrogens is 264 g/mol. The summed E-state index contributed by atoms with van der Waals surface area (Å²) in [6, 6.07) is 7.85. The van der Waals surface area contributed by atoms with E-state index in [1.54, 1.807) is 7.11 Å². The van der Waals surface area contributed by atoms with E-state index in [-0.39, 0.29) is 5.91 Å². The molecule has 21 heavy (non-hydrogen) atoms. The van der Waals surface area contributed by atoms with Crippen molar-refractivity contribution >= 4 is 5.91 Å². The summed E-state index contributed by atoms with van der Waals surface area (Å²) in [5.74, 6) is 0.830. The van der Waals surface area contributed by atoms with Crippen molar-refractivity contribution < 1.29 is 9.53 Å². The fourth-order valence-electron chi connectivity index (χ4n) is 2.83. The van der Waals surface area contributed by atoms with Crippen LogP contribution in [0.3, 0.4) is 0 Å². The minimum atomic E-state index is 0.100. The summed E-state index contributed by atoms with van der Waals surface area (Å²) in [6.07, 6.45) is 4.63. The van der Waals surface area contributed by atoms with Crippen molar-refractivity contribution in [2.75, 3.05) is 26.7 Å². The summed E-state index contributed by atoms with van der Waals surface area (Å²) in [6.45, 7) is 4.77. The normalized spacial score (nSPS) is 18.3. The molecule has 1 saturated heterocycles. The number of benzene rings is 1. The molecular formula is C17H26N2O2. The minimum absolute atomic E-state index is 0.100. The fourth-order valence-corrected chi connectivity index (χ4v) is 2.83. The number of nitrogens with one attached hydrogen (secondary N) is 1. The van der Waals surface area contributed by atoms with Gasteiger partial charge in [-0.1, -0.05) is 19.4 Å². The van der Waals surface area contributed by atoms with Crippen molar-refractivity contribution in [2.45, 2.75) is 38.6 Å². The molecule has 1 amide bonds. The second kappa shape index (κ2) is 8.03. The van der Waals surface area contributed by atoms with Gasteiger partial charge in [-0.15, -0.1) is 0 Å². The van der Waals surface area contributed by atoms with Gasteiger partial charge in [0, 0.05) is 24.7 Å². The van der Waals surface area contributed by atoms with Gasteiger partial charge in [0.15, 0.2) is 0 Å². The van der Waals surface area contributed by atoms with E-state index in [4.69, 9.17) is 4.74 Å². The maximum absolute atomic E-state index is 12.7. The molecule has 0 spiro atoms. The predicted octanol–water partition coefficient (Wildman–Crippen LogP) is 2.69. The van der Waals surface area contributed by atoms with Crippen LogP contribution in [-0.4, -0.2) is 43.6 Å². The first kappa shape index (κ1) is 15.8. The highest BCUT2D eigenvalue weighted by Crippen LogP contribution is 2.16. The van der Waals surface area contributed by atoms with E-state index in [0.717, 1.165) is 38.2 Å². The first-order valence-electron chi connectivity index (χ1n) is 7.91. The third-order valence-electron chi connectivity index (χ3n) is 3.95. The Bertz CT molecular complexity index is 456. The monoisotopic (exact) mass is 290 g/mol. The molecule has 0 saturated carbocycles. The molecule has 1 fully saturated rings. The Labute approximate surface area is 127 Å². The summed E-state index contributed by atoms with van der Waals surface area (Å²) < 4.78 is 5.21. The Kier molecular flexibility index (Phi) is 6.05. The number of nitrogens with zero attached hydrogens (tertiary/aromatic N) is 1. The van der Waals surface area contributed by atoms with E-state index >= 15 is 0 Å². The van der Waals surface area contributed by atoms with Crippen molar-refractivity contribution in [2.24, 2.45) is 0 Å². The lowest BCUT2D eigenvalue weighted by atomic mass is 10.0. The highest BCUT2D eigenvalue weighted by molar-refractivity contribution is 5.94. The molecule has 0 aromatic heterocycles. The van der Waals surface area contributed by atoms with Crippen LogP contribution in [0, 0.1) is 0 Å². The van der Waals surface area contributed by atoms with Crippen molar-refractivity contribution in [1.29, 1.82) is 0 Å². The van der Waals surface area contributed by atoms with Crippen LogP contribution in [0.15, 0.2) is 24.3 Å². The Balaban J connectivity index is 2.06. The van der Waals surface area contributed by atoms with E-state index in [0.29, 0.717) is 11.6 Å². The molecule has 0 aliphatic carbocycles. The summed E-state index contributed by atoms with van der Waals surface area (Å²) in [5.41, 5.74) is 0.707. The number of amides is 1. The van der Waals surface area contributed by atoms with Gasteiger partial charge in [0.1, 0.15) is 5.75 Å². The van der Waals surface area contributed by atoms with Gasteiger partial charge in [-0.3, -0.25) is 4.79 Å². The highest BCUT2D eigenvalue weighted by atomic mass is 16.5. The molecule has 1 N–H and O–H groups in total. The molecule has 1 aromatic rings. The minimum Gasteiger partial charge on any atom is -0.497 e. The molecule has 116 valence electrons. The van der Waals surface area contributed by atoms with E-state index < -0.39 is 0 Å². The molecule has 4 nitrogen and oxygen atoms in total. The van der Waals surface area contributed by atoms with Crippen LogP contribution < -0.4 is 10.1 Å². The molecule has 1 heterocycles. The summed E-state index contributed by atoms with van der Waals surface area (Å²) >= 11 is 0. The number of hydrogen-bond donors (Lipinski definition) is 1. The van der Waals surface area contributed by atoms with E-state index in [1.165, 1.54) is 12.8 Å². The van der Waals surface area contributed by atoms with Gasteiger partial charge in [0.05, 0.1) is 7.11 Å². The van der Waals surface area contributed by atoms with Gasteiger partial charge in [0.25, 0.3) is 5.91 Å². The van der Waals surface area contributed by atoms with Crippen LogP contribution in [0.2, 0.25) is 0 Å². The lowest BCUT2D eigenvalue weighted by Gasteiger charge is -2.30. The van der Waals surface area contributed by atoms with Gasteiger partial charge < -0.3 is 15.0 Å². The number of rotatable bonds is 6. The van der Waals surface area contributed by atoms with Crippen LogP contribution in [0.5, 0.6) is 5.75 Å². The summed E-state index contributed by atoms with van der Waals surface area (Å²) in [7, 11) is 1.62. The predicted molar refractivity (Wildman–Crippen MR) is 84.8 cm³/mol. The zero-order valence-electron chi connectivity index (χ0n) is 13.1. The number of hydrogen-bond acceptors (Lipinski definition) is 3. The molecule has 4 heteroatoms. The summed E-state index contributed by atoms with van der Waals surface area (Å²) in [4.78, 5) is 14.7. The lowest BCUT2D eigenvalue weighted by molar-refractivity contribution is 0.0731. The van der Waals surface area contributed by atoms with Crippen molar-refractivity contribution in [3.63, 3.8) is 0 Å². The Morgan fingerprint density at radius 2 is 2.29 bits per heavy atom. The first-order chi connectivity index (χ1) is 10.2. The van der Waals surface area contributed by atoms with Crippen LogP contribution >= 0.6 is 0 Å². The number of piperidine rings is 1. The topological polar surface area (TPSA) is 41.6 Å². The zero-order valence-corrected chi connectivity index (χ0v) is 13.1. The highest BCUT2D eigenvalue weighted by Gasteiger charge is 2.21. The van der Waals surface area contributed by atoms with Gasteiger partial charge >= 0.3 is 0 Å². The second-order valence-corrected chi connectivity index (χ2v) is 5.63. The lowest BCUT2D eigenvalue weighted by Crippen LogP contribution is -2.46. The van der Waals surface area contributed by atoms with E-state index in [9.17, 15) is 4.79 Å². The standard InChI is InChI=1S/C17H26N2O2/c1-3-11-19(13-15-8-4-5-10-18-15)17(20)14-7-6-9-16(12-14)21-2/h6-7,9,12,15,18H,3-5,8,10-11,13H2,1-2H3. The summed E-state index contributed by atoms with van der Waals surface area (Å²) in [5, 5.41) is 3.52. The largest absolute Gasteiger partial charge is 0.497 e. The van der Waals surface area contributed by atoms with E-state index in [2.05, 4.69) is 12.2 Å². The number of methoxy groups -OCH3 is 1. The molecule has 1 atom stereocenters. The fraction of sp³-hybridized carbons (Fsp3) is 0.588. The van der Waals surface area contributed by atoms with Crippen molar-refractivity contribution in [3.8, 4) is 5.75 Å². The molecule has 0 radical (unpaired) electrons. The zero-order chi connectivity index (χ0) is 15.1. The molecule has 1 aliphatic rings. The second-order valence-electron chi connectivity index (χ2n) is 5.63. The molecule has 1 aromatic carbocycles. The quantitative estimate of drug-likeness (QED) is 0.876. The maximum Gasteiger partial charge on any atom is 0.254 e. The Morgan fingerprint density at radius 1 is 1.43 bits per heavy atom. The third-order valence-corrected chi connectivity index (χ3v) is 3.95. The molecule has 1 unspecified atom stereocenters. The van der Waals surface area contributed by atoms with Gasteiger partial charge in [-0.2, -0.15) is 0 Å². The molecule has 0 bridgehead atoms. The van der Waals surface area contributed by atoms with Crippen molar-refractivity contribution in [1.82, 2.24) is 10.2 Å². The van der Waals surface area contributed by atoms with Gasteiger partial charge in [-0.25, -0.2) is 0 Å². The van der Waals surface area contributed by atoms with Crippen LogP contribution in [0.4, 0.5) is 0 Å². The Hall–Kier alpha value is -1.55. The van der Waals surface area contributed by atoms with Gasteiger partial charge in [-0.05, 0) is 44.0 Å². The first-order valence-corrected chi connectivity index (χ1v) is 7.91. The van der Waals surface area contributed by atoms with Crippen molar-refractivity contribution in [3.05, 3.63) is 29.8 Å². The average Bonchev–Trinajstić information content (AvgIpc) is 2.55. The molecule has 1 aliphatic heterocycles. The Morgan fingerprint density at radius 3 is 2.95 bits per heavy atom. The van der Waals surface area contributed by atoms with Crippen LogP contribution in [0.25, 0.3) is 0 Å². The van der Waals surface area contributed by atoms with Crippen LogP contribution in [-0.2, 0) is 0 Å². The van der Waals surface area contributed by atoms with Gasteiger partial charge in [0.2, 0.25) is 0 Å². The average molecular weight is 290 g/mol. The molecule has 2 rings (SSSR count). The SMILES string of the molecule is CCCN(CC1CCCCN1)C(=O)c1cccc(OC)c1. The third kappa shape index (κ3) is 4.46. The van der Waals surface area contributed by atoms with Crippen LogP contribution in [0.1, 0.15) is 43.0 Å². The maximum atomic E-state index is 12.7. The number of carbonyl (C=O) groups excluding carboxylic acids is 1.